The van der Waals surface area contributed by atoms with Gasteiger partial charge in [-0.15, -0.1) is 0 Å². The van der Waals surface area contributed by atoms with Gasteiger partial charge in [-0.05, 0) is 12.1 Å². The zero-order valence-corrected chi connectivity index (χ0v) is 8.95. The minimum absolute atomic E-state index is 0.0819. The molecule has 0 bridgehead atoms. The monoisotopic (exact) mass is 239 g/mol. The summed E-state index contributed by atoms with van der Waals surface area (Å²) < 4.78 is 0. The molecular formula is C11H13NO5. The van der Waals surface area contributed by atoms with Gasteiger partial charge >= 0.3 is 5.97 Å². The van der Waals surface area contributed by atoms with E-state index in [0.29, 0.717) is 5.56 Å². The molecule has 1 aromatic carbocycles. The van der Waals surface area contributed by atoms with Crippen LogP contribution in [0.25, 0.3) is 0 Å². The van der Waals surface area contributed by atoms with Crippen LogP contribution in [0.4, 0.5) is 0 Å². The summed E-state index contributed by atoms with van der Waals surface area (Å²) in [7, 11) is 0. The number of hydrogen-bond acceptors (Lipinski definition) is 5. The van der Waals surface area contributed by atoms with Gasteiger partial charge in [0.05, 0.1) is 19.1 Å². The minimum atomic E-state index is -1.10. The summed E-state index contributed by atoms with van der Waals surface area (Å²) in [6.07, 6.45) is -0.188. The number of para-hydroxylation sites is 1. The number of nitrogens with zero attached hydrogens (tertiary/aromatic N) is 1. The van der Waals surface area contributed by atoms with E-state index in [2.05, 4.69) is 4.99 Å². The second-order valence-corrected chi connectivity index (χ2v) is 3.46. The summed E-state index contributed by atoms with van der Waals surface area (Å²) in [5, 5.41) is 36.2. The van der Waals surface area contributed by atoms with Crippen LogP contribution in [0, 0.1) is 0 Å². The maximum atomic E-state index is 10.3. The first kappa shape index (κ1) is 13.0. The maximum absolute atomic E-state index is 10.3. The molecule has 0 fully saturated rings. The molecule has 6 heteroatoms. The molecule has 6 nitrogen and oxygen atoms in total. The number of benzene rings is 1. The predicted molar refractivity (Wildman–Crippen MR) is 60.5 cm³/mol. The third-order valence-corrected chi connectivity index (χ3v) is 2.00. The van der Waals surface area contributed by atoms with E-state index >= 15 is 0 Å². The number of aliphatic imine (C=N–C) groups is 1. The van der Waals surface area contributed by atoms with Crippen LogP contribution < -0.4 is 0 Å². The number of phenols is 2. The summed E-state index contributed by atoms with van der Waals surface area (Å²) >= 11 is 0. The van der Waals surface area contributed by atoms with E-state index in [9.17, 15) is 20.1 Å². The Morgan fingerprint density at radius 3 is 2.76 bits per heavy atom. The molecule has 0 radical (unpaired) electrons. The molecule has 1 aromatic rings. The molecule has 1 atom stereocenters. The SMILES string of the molecule is O=C(O)CC(O)CN=Cc1cccc(O)c1O. The molecule has 0 heterocycles. The van der Waals surface area contributed by atoms with Gasteiger partial charge in [-0.25, -0.2) is 0 Å². The molecule has 0 spiro atoms. The summed E-state index contributed by atoms with van der Waals surface area (Å²) in [6, 6.07) is 4.39. The van der Waals surface area contributed by atoms with Crippen molar-refractivity contribution in [3.05, 3.63) is 23.8 Å². The average Bonchev–Trinajstić information content (AvgIpc) is 2.23. The fourth-order valence-corrected chi connectivity index (χ4v) is 1.19. The van der Waals surface area contributed by atoms with Crippen molar-refractivity contribution in [2.75, 3.05) is 6.54 Å². The maximum Gasteiger partial charge on any atom is 0.306 e. The van der Waals surface area contributed by atoms with E-state index in [0.717, 1.165) is 0 Å². The fraction of sp³-hybridized carbons (Fsp3) is 0.273. The minimum Gasteiger partial charge on any atom is -0.504 e. The fourth-order valence-electron chi connectivity index (χ4n) is 1.19. The molecule has 0 aliphatic carbocycles. The molecule has 0 amide bonds. The van der Waals surface area contributed by atoms with Crippen LogP contribution in [0.2, 0.25) is 0 Å². The van der Waals surface area contributed by atoms with Crippen molar-refractivity contribution in [1.82, 2.24) is 0 Å². The highest BCUT2D eigenvalue weighted by molar-refractivity contribution is 5.84. The number of hydrogen-bond donors (Lipinski definition) is 4. The van der Waals surface area contributed by atoms with Gasteiger partial charge in [0.15, 0.2) is 11.5 Å². The van der Waals surface area contributed by atoms with Crippen molar-refractivity contribution in [3.63, 3.8) is 0 Å². The highest BCUT2D eigenvalue weighted by atomic mass is 16.4. The van der Waals surface area contributed by atoms with Crippen LogP contribution in [0.3, 0.4) is 0 Å². The Morgan fingerprint density at radius 2 is 2.12 bits per heavy atom. The Labute approximate surface area is 97.5 Å². The normalized spacial score (nSPS) is 12.8. The molecular weight excluding hydrogens is 226 g/mol. The molecule has 4 N–H and O–H groups in total. The number of carbonyl (C=O) groups is 1. The van der Waals surface area contributed by atoms with Gasteiger partial charge in [-0.2, -0.15) is 0 Å². The lowest BCUT2D eigenvalue weighted by molar-refractivity contribution is -0.139. The van der Waals surface area contributed by atoms with Gasteiger partial charge in [0.2, 0.25) is 0 Å². The molecule has 92 valence electrons. The Kier molecular flexibility index (Phi) is 4.47. The highest BCUT2D eigenvalue weighted by Crippen LogP contribution is 2.26. The predicted octanol–water partition coefficient (Wildman–Crippen LogP) is 0.352. The number of aliphatic hydroxyl groups is 1. The van der Waals surface area contributed by atoms with Gasteiger partial charge in [0.25, 0.3) is 0 Å². The molecule has 0 aliphatic rings. The third-order valence-electron chi connectivity index (χ3n) is 2.00. The Balaban J connectivity index is 2.59. The van der Waals surface area contributed by atoms with Crippen LogP contribution in [0.1, 0.15) is 12.0 Å². The molecule has 0 aromatic heterocycles. The summed E-state index contributed by atoms with van der Waals surface area (Å²) in [5.41, 5.74) is 0.299. The van der Waals surface area contributed by atoms with Crippen LogP contribution in [0.15, 0.2) is 23.2 Å². The van der Waals surface area contributed by atoms with E-state index in [1.165, 1.54) is 24.4 Å². The lowest BCUT2D eigenvalue weighted by Gasteiger charge is -2.03. The lowest BCUT2D eigenvalue weighted by atomic mass is 10.2. The number of aliphatic hydroxyl groups excluding tert-OH is 1. The van der Waals surface area contributed by atoms with Crippen molar-refractivity contribution in [1.29, 1.82) is 0 Å². The second-order valence-electron chi connectivity index (χ2n) is 3.46. The smallest absolute Gasteiger partial charge is 0.306 e. The van der Waals surface area contributed by atoms with E-state index in [1.807, 2.05) is 0 Å². The molecule has 0 saturated heterocycles. The molecule has 0 aliphatic heterocycles. The summed E-state index contributed by atoms with van der Waals surface area (Å²) in [5.74, 6) is -1.67. The van der Waals surface area contributed by atoms with Crippen molar-refractivity contribution in [2.24, 2.45) is 4.99 Å². The van der Waals surface area contributed by atoms with Crippen LogP contribution in [-0.4, -0.2) is 45.3 Å². The van der Waals surface area contributed by atoms with Crippen molar-refractivity contribution in [2.45, 2.75) is 12.5 Å². The number of aliphatic carboxylic acids is 1. The van der Waals surface area contributed by atoms with Gasteiger partial charge in [-0.3, -0.25) is 9.79 Å². The zero-order chi connectivity index (χ0) is 12.8. The number of rotatable bonds is 5. The molecule has 17 heavy (non-hydrogen) atoms. The number of phenolic OH excluding ortho intramolecular Hbond substituents is 2. The number of aromatic hydroxyl groups is 2. The summed E-state index contributed by atoms with van der Waals surface area (Å²) in [6.45, 7) is -0.0819. The van der Waals surface area contributed by atoms with E-state index in [4.69, 9.17) is 5.11 Å². The Bertz CT molecular complexity index is 430. The van der Waals surface area contributed by atoms with Gasteiger partial charge in [0.1, 0.15) is 0 Å². The van der Waals surface area contributed by atoms with Gasteiger partial charge < -0.3 is 20.4 Å². The largest absolute Gasteiger partial charge is 0.504 e. The van der Waals surface area contributed by atoms with Gasteiger partial charge in [0, 0.05) is 11.8 Å². The van der Waals surface area contributed by atoms with Gasteiger partial charge in [-0.1, -0.05) is 6.07 Å². The van der Waals surface area contributed by atoms with Crippen molar-refractivity contribution >= 4 is 12.2 Å². The molecule has 1 rings (SSSR count). The first-order chi connectivity index (χ1) is 8.00. The van der Waals surface area contributed by atoms with E-state index < -0.39 is 12.1 Å². The summed E-state index contributed by atoms with van der Waals surface area (Å²) in [4.78, 5) is 14.0. The van der Waals surface area contributed by atoms with Crippen LogP contribution in [0.5, 0.6) is 11.5 Å². The third kappa shape index (κ3) is 4.12. The van der Waals surface area contributed by atoms with Crippen molar-refractivity contribution in [3.8, 4) is 11.5 Å². The lowest BCUT2D eigenvalue weighted by Crippen LogP contribution is -2.16. The van der Waals surface area contributed by atoms with E-state index in [1.54, 1.807) is 0 Å². The second kappa shape index (κ2) is 5.86. The van der Waals surface area contributed by atoms with Crippen molar-refractivity contribution < 1.29 is 25.2 Å². The molecule has 1 unspecified atom stereocenters. The number of carboxylic acid groups (broad SMARTS) is 1. The first-order valence-corrected chi connectivity index (χ1v) is 4.91. The highest BCUT2D eigenvalue weighted by Gasteiger charge is 2.08. The first-order valence-electron chi connectivity index (χ1n) is 4.91. The average molecular weight is 239 g/mol. The van der Waals surface area contributed by atoms with Crippen LogP contribution >= 0.6 is 0 Å². The standard InChI is InChI=1S/C11H13NO5/c13-8(4-10(15)16)6-12-5-7-2-1-3-9(14)11(7)17/h1-3,5,8,13-14,17H,4,6H2,(H,15,16). The van der Waals surface area contributed by atoms with Crippen LogP contribution in [-0.2, 0) is 4.79 Å². The Morgan fingerprint density at radius 1 is 1.41 bits per heavy atom. The topological polar surface area (TPSA) is 110 Å². The van der Waals surface area contributed by atoms with E-state index in [-0.39, 0.29) is 24.5 Å². The zero-order valence-electron chi connectivity index (χ0n) is 8.95. The Hall–Kier alpha value is -2.08. The molecule has 0 saturated carbocycles. The quantitative estimate of drug-likeness (QED) is 0.438. The number of carboxylic acids is 1.